The Hall–Kier alpha value is -2.61. The van der Waals surface area contributed by atoms with E-state index in [-0.39, 0.29) is 11.5 Å². The molecule has 8 nitrogen and oxygen atoms in total. The number of carbonyl (C=O) groups excluding carboxylic acids is 1. The third-order valence-electron chi connectivity index (χ3n) is 5.02. The number of hydrogen-bond acceptors (Lipinski definition) is 6. The Balaban J connectivity index is 1.58. The monoisotopic (exact) mass is 357 g/mol. The predicted molar refractivity (Wildman–Crippen MR) is 97.8 cm³/mol. The van der Waals surface area contributed by atoms with E-state index in [1.54, 1.807) is 13.1 Å². The van der Waals surface area contributed by atoms with Crippen molar-refractivity contribution < 1.29 is 9.21 Å². The maximum Gasteiger partial charge on any atom is 0.349 e. The van der Waals surface area contributed by atoms with Gasteiger partial charge in [0.05, 0.1) is 6.20 Å². The zero-order valence-electron chi connectivity index (χ0n) is 14.8. The number of aromatic nitrogens is 2. The van der Waals surface area contributed by atoms with E-state index in [0.717, 1.165) is 51.3 Å². The topological polar surface area (TPSA) is 101 Å². The van der Waals surface area contributed by atoms with Gasteiger partial charge in [0.15, 0.2) is 0 Å². The number of nitrogens with one attached hydrogen (secondary N) is 3. The van der Waals surface area contributed by atoms with Crippen molar-refractivity contribution in [2.45, 2.75) is 38.6 Å². The normalized spacial score (nSPS) is 19.5. The minimum Gasteiger partial charge on any atom is -0.427 e. The van der Waals surface area contributed by atoms with Crippen LogP contribution in [0.1, 0.15) is 46.9 Å². The number of hydrogen-bond donors (Lipinski definition) is 3. The predicted octanol–water partition coefficient (Wildman–Crippen LogP) is 1.68. The second-order valence-corrected chi connectivity index (χ2v) is 6.90. The molecule has 1 atom stereocenters. The van der Waals surface area contributed by atoms with Crippen molar-refractivity contribution in [2.24, 2.45) is 0 Å². The molecule has 0 aromatic carbocycles. The quantitative estimate of drug-likeness (QED) is 0.773. The van der Waals surface area contributed by atoms with Crippen LogP contribution in [0.4, 0.5) is 11.5 Å². The number of aryl methyl sites for hydroxylation is 2. The molecular weight excluding hydrogens is 334 g/mol. The Bertz CT molecular complexity index is 879. The molecule has 4 rings (SSSR count). The van der Waals surface area contributed by atoms with Gasteiger partial charge in [0, 0.05) is 25.6 Å². The van der Waals surface area contributed by atoms with Crippen LogP contribution in [0.2, 0.25) is 0 Å². The summed E-state index contributed by atoms with van der Waals surface area (Å²) >= 11 is 0. The molecule has 3 N–H and O–H groups in total. The van der Waals surface area contributed by atoms with Crippen molar-refractivity contribution in [3.05, 3.63) is 39.6 Å². The Morgan fingerprint density at radius 2 is 2.27 bits per heavy atom. The molecule has 0 aliphatic carbocycles. The second kappa shape index (κ2) is 6.95. The Morgan fingerprint density at radius 1 is 1.38 bits per heavy atom. The summed E-state index contributed by atoms with van der Waals surface area (Å²) in [7, 11) is 0. The first-order chi connectivity index (χ1) is 12.6. The number of amides is 1. The molecule has 1 unspecified atom stereocenters. The van der Waals surface area contributed by atoms with Gasteiger partial charge in [0.1, 0.15) is 22.8 Å². The molecule has 2 aliphatic heterocycles. The first kappa shape index (κ1) is 16.8. The van der Waals surface area contributed by atoms with Crippen LogP contribution in [0.15, 0.2) is 21.5 Å². The maximum absolute atomic E-state index is 12.7. The van der Waals surface area contributed by atoms with Gasteiger partial charge in [-0.1, -0.05) is 0 Å². The lowest BCUT2D eigenvalue weighted by Crippen LogP contribution is -2.30. The number of anilines is 2. The van der Waals surface area contributed by atoms with Crippen LogP contribution in [-0.2, 0) is 6.54 Å². The van der Waals surface area contributed by atoms with Crippen LogP contribution in [0, 0.1) is 6.92 Å². The van der Waals surface area contributed by atoms with Crippen molar-refractivity contribution in [1.29, 1.82) is 0 Å². The van der Waals surface area contributed by atoms with Crippen molar-refractivity contribution in [3.63, 3.8) is 0 Å². The van der Waals surface area contributed by atoms with Crippen molar-refractivity contribution in [1.82, 2.24) is 15.1 Å². The fourth-order valence-corrected chi connectivity index (χ4v) is 3.65. The van der Waals surface area contributed by atoms with Gasteiger partial charge in [-0.15, -0.1) is 0 Å². The van der Waals surface area contributed by atoms with E-state index in [9.17, 15) is 9.59 Å². The van der Waals surface area contributed by atoms with Crippen LogP contribution in [0.3, 0.4) is 0 Å². The van der Waals surface area contributed by atoms with E-state index >= 15 is 0 Å². The van der Waals surface area contributed by atoms with E-state index in [1.807, 2.05) is 10.7 Å². The molecule has 8 heteroatoms. The van der Waals surface area contributed by atoms with E-state index in [4.69, 9.17) is 4.42 Å². The van der Waals surface area contributed by atoms with Gasteiger partial charge in [-0.2, -0.15) is 5.10 Å². The first-order valence-electron chi connectivity index (χ1n) is 9.10. The lowest BCUT2D eigenvalue weighted by atomic mass is 9.95. The van der Waals surface area contributed by atoms with Gasteiger partial charge in [-0.3, -0.25) is 4.79 Å². The SMILES string of the molecule is Cc1cc(C2CCCNC2)oc(=O)c1C(=O)Nc1cnn2c1NCCC2. The lowest BCUT2D eigenvalue weighted by molar-refractivity contribution is 0.102. The fraction of sp³-hybridized carbons (Fsp3) is 0.500. The van der Waals surface area contributed by atoms with Gasteiger partial charge in [-0.05, 0) is 44.4 Å². The van der Waals surface area contributed by atoms with Crippen LogP contribution >= 0.6 is 0 Å². The number of rotatable bonds is 3. The van der Waals surface area contributed by atoms with Gasteiger partial charge in [-0.25, -0.2) is 9.48 Å². The van der Waals surface area contributed by atoms with Gasteiger partial charge in [0.25, 0.3) is 5.91 Å². The van der Waals surface area contributed by atoms with Crippen LogP contribution in [-0.4, -0.2) is 35.3 Å². The van der Waals surface area contributed by atoms with Gasteiger partial charge >= 0.3 is 5.63 Å². The third-order valence-corrected chi connectivity index (χ3v) is 5.02. The number of carbonyl (C=O) groups is 1. The van der Waals surface area contributed by atoms with Gasteiger partial charge < -0.3 is 20.4 Å². The third kappa shape index (κ3) is 3.12. The zero-order valence-corrected chi connectivity index (χ0v) is 14.8. The number of nitrogens with zero attached hydrogens (tertiary/aromatic N) is 2. The highest BCUT2D eigenvalue weighted by molar-refractivity contribution is 6.06. The Morgan fingerprint density at radius 3 is 3.04 bits per heavy atom. The lowest BCUT2D eigenvalue weighted by Gasteiger charge is -2.22. The molecule has 0 saturated carbocycles. The molecule has 0 bridgehead atoms. The summed E-state index contributed by atoms with van der Waals surface area (Å²) in [5.74, 6) is 1.14. The van der Waals surface area contributed by atoms with Crippen LogP contribution in [0.25, 0.3) is 0 Å². The molecule has 138 valence electrons. The highest BCUT2D eigenvalue weighted by Gasteiger charge is 2.24. The maximum atomic E-state index is 12.7. The summed E-state index contributed by atoms with van der Waals surface area (Å²) in [4.78, 5) is 25.2. The second-order valence-electron chi connectivity index (χ2n) is 6.90. The molecule has 4 heterocycles. The smallest absolute Gasteiger partial charge is 0.349 e. The van der Waals surface area contributed by atoms with E-state index in [1.165, 1.54) is 0 Å². The summed E-state index contributed by atoms with van der Waals surface area (Å²) < 4.78 is 7.30. The molecule has 1 fully saturated rings. The summed E-state index contributed by atoms with van der Waals surface area (Å²) in [5.41, 5.74) is 0.674. The minimum absolute atomic E-state index is 0.0493. The van der Waals surface area contributed by atoms with Gasteiger partial charge in [0.2, 0.25) is 0 Å². The summed E-state index contributed by atoms with van der Waals surface area (Å²) in [6.45, 7) is 5.20. The molecule has 1 amide bonds. The molecule has 26 heavy (non-hydrogen) atoms. The molecule has 0 radical (unpaired) electrons. The van der Waals surface area contributed by atoms with E-state index < -0.39 is 11.5 Å². The van der Waals surface area contributed by atoms with Crippen molar-refractivity contribution in [3.8, 4) is 0 Å². The Kier molecular flexibility index (Phi) is 4.50. The molecule has 0 spiro atoms. The molecule has 2 aliphatic rings. The molecular formula is C18H23N5O3. The van der Waals surface area contributed by atoms with Crippen molar-refractivity contribution in [2.75, 3.05) is 30.3 Å². The number of piperidine rings is 1. The summed E-state index contributed by atoms with van der Waals surface area (Å²) in [6.07, 6.45) is 4.62. The molecule has 2 aromatic rings. The highest BCUT2D eigenvalue weighted by atomic mass is 16.4. The fourth-order valence-electron chi connectivity index (χ4n) is 3.65. The van der Waals surface area contributed by atoms with E-state index in [0.29, 0.717) is 17.0 Å². The van der Waals surface area contributed by atoms with Crippen molar-refractivity contribution >= 4 is 17.4 Å². The standard InChI is InChI=1S/C18H23N5O3/c1-11-8-14(12-4-2-5-19-9-12)26-18(25)15(11)17(24)22-13-10-21-23-7-3-6-20-16(13)23/h8,10,12,19-20H,2-7,9H2,1H3,(H,22,24). The zero-order chi connectivity index (χ0) is 18.1. The summed E-state index contributed by atoms with van der Waals surface area (Å²) in [5, 5.41) is 13.6. The first-order valence-corrected chi connectivity index (χ1v) is 9.10. The number of fused-ring (bicyclic) bond motifs is 1. The average molecular weight is 357 g/mol. The van der Waals surface area contributed by atoms with Crippen LogP contribution in [0.5, 0.6) is 0 Å². The average Bonchev–Trinajstić information content (AvgIpc) is 3.05. The highest BCUT2D eigenvalue weighted by Crippen LogP contribution is 2.26. The largest absolute Gasteiger partial charge is 0.427 e. The molecule has 1 saturated heterocycles. The molecule has 2 aromatic heterocycles. The Labute approximate surface area is 151 Å². The minimum atomic E-state index is -0.586. The van der Waals surface area contributed by atoms with Crippen LogP contribution < -0.4 is 21.6 Å². The summed E-state index contributed by atoms with van der Waals surface area (Å²) in [6, 6.07) is 1.82. The van der Waals surface area contributed by atoms with E-state index in [2.05, 4.69) is 21.0 Å².